The summed E-state index contributed by atoms with van der Waals surface area (Å²) in [7, 11) is 0. The summed E-state index contributed by atoms with van der Waals surface area (Å²) in [5.74, 6) is 0. The monoisotopic (exact) mass is 211 g/mol. The van der Waals surface area contributed by atoms with Gasteiger partial charge in [-0.3, -0.25) is 0 Å². The zero-order valence-electron chi connectivity index (χ0n) is 9.61. The van der Waals surface area contributed by atoms with E-state index in [-0.39, 0.29) is 0 Å². The van der Waals surface area contributed by atoms with Crippen LogP contribution in [0.25, 0.3) is 10.8 Å². The topological polar surface area (TPSA) is 12.0 Å². The Hall–Kier alpha value is -1.34. The molecule has 0 amide bonds. The standard InChI is InChI=1S/C15H17N/c1-11(16-13-9-10-13)14-8-4-6-12-5-2-3-7-15(12)14/h2-8,11,13,16H,9-10H2,1H3. The average molecular weight is 211 g/mol. The lowest BCUT2D eigenvalue weighted by Gasteiger charge is -2.16. The van der Waals surface area contributed by atoms with Crippen LogP contribution in [0.5, 0.6) is 0 Å². The molecule has 82 valence electrons. The summed E-state index contributed by atoms with van der Waals surface area (Å²) in [6, 6.07) is 16.4. The first-order valence-electron chi connectivity index (χ1n) is 6.08. The third kappa shape index (κ3) is 1.83. The summed E-state index contributed by atoms with van der Waals surface area (Å²) in [4.78, 5) is 0. The Morgan fingerprint density at radius 3 is 2.62 bits per heavy atom. The van der Waals surface area contributed by atoms with Crippen LogP contribution in [0.1, 0.15) is 31.4 Å². The second-order valence-electron chi connectivity index (χ2n) is 4.73. The number of rotatable bonds is 3. The van der Waals surface area contributed by atoms with E-state index in [0.29, 0.717) is 6.04 Å². The number of fused-ring (bicyclic) bond motifs is 1. The summed E-state index contributed by atoms with van der Waals surface area (Å²) in [5.41, 5.74) is 1.42. The Kier molecular flexibility index (Phi) is 2.41. The van der Waals surface area contributed by atoms with Crippen LogP contribution in [-0.4, -0.2) is 6.04 Å². The molecule has 0 aliphatic heterocycles. The Morgan fingerprint density at radius 1 is 1.06 bits per heavy atom. The molecule has 1 fully saturated rings. The molecular weight excluding hydrogens is 194 g/mol. The summed E-state index contributed by atoms with van der Waals surface area (Å²) in [5, 5.41) is 6.38. The SMILES string of the molecule is CC(NC1CC1)c1cccc2ccccc12. The van der Waals surface area contributed by atoms with Gasteiger partial charge in [-0.05, 0) is 36.1 Å². The Morgan fingerprint density at radius 2 is 1.81 bits per heavy atom. The molecule has 1 heteroatoms. The third-order valence-corrected chi connectivity index (χ3v) is 3.35. The highest BCUT2D eigenvalue weighted by Crippen LogP contribution is 2.28. The van der Waals surface area contributed by atoms with Gasteiger partial charge >= 0.3 is 0 Å². The second-order valence-corrected chi connectivity index (χ2v) is 4.73. The molecular formula is C15H17N. The molecule has 2 aromatic carbocycles. The molecule has 1 nitrogen and oxygen atoms in total. The van der Waals surface area contributed by atoms with Crippen LogP contribution in [0.2, 0.25) is 0 Å². The maximum Gasteiger partial charge on any atom is 0.0300 e. The largest absolute Gasteiger partial charge is 0.307 e. The average Bonchev–Trinajstić information content (AvgIpc) is 3.12. The van der Waals surface area contributed by atoms with Crippen molar-refractivity contribution in [1.82, 2.24) is 5.32 Å². The van der Waals surface area contributed by atoms with E-state index in [4.69, 9.17) is 0 Å². The highest BCUT2D eigenvalue weighted by molar-refractivity contribution is 5.86. The predicted molar refractivity (Wildman–Crippen MR) is 68.5 cm³/mol. The molecule has 0 spiro atoms. The summed E-state index contributed by atoms with van der Waals surface area (Å²) >= 11 is 0. The van der Waals surface area contributed by atoms with Crippen molar-refractivity contribution in [3.05, 3.63) is 48.0 Å². The lowest BCUT2D eigenvalue weighted by atomic mass is 10.00. The highest BCUT2D eigenvalue weighted by Gasteiger charge is 2.23. The van der Waals surface area contributed by atoms with E-state index in [9.17, 15) is 0 Å². The van der Waals surface area contributed by atoms with Crippen molar-refractivity contribution >= 4 is 10.8 Å². The first-order chi connectivity index (χ1) is 7.84. The summed E-state index contributed by atoms with van der Waals surface area (Å²) in [6.07, 6.45) is 2.68. The fourth-order valence-corrected chi connectivity index (χ4v) is 2.32. The lowest BCUT2D eigenvalue weighted by Crippen LogP contribution is -2.20. The molecule has 0 radical (unpaired) electrons. The van der Waals surface area contributed by atoms with Crippen LogP contribution in [0.3, 0.4) is 0 Å². The molecule has 1 aliphatic carbocycles. The third-order valence-electron chi connectivity index (χ3n) is 3.35. The smallest absolute Gasteiger partial charge is 0.0300 e. The number of benzene rings is 2. The van der Waals surface area contributed by atoms with Crippen molar-refractivity contribution in [3.8, 4) is 0 Å². The number of nitrogens with one attached hydrogen (secondary N) is 1. The van der Waals surface area contributed by atoms with Gasteiger partial charge in [-0.15, -0.1) is 0 Å². The molecule has 2 aromatic rings. The number of hydrogen-bond acceptors (Lipinski definition) is 1. The van der Waals surface area contributed by atoms with Crippen LogP contribution in [0.4, 0.5) is 0 Å². The Bertz CT molecular complexity index is 494. The van der Waals surface area contributed by atoms with Gasteiger partial charge in [-0.1, -0.05) is 42.5 Å². The van der Waals surface area contributed by atoms with Gasteiger partial charge < -0.3 is 5.32 Å². The minimum atomic E-state index is 0.457. The van der Waals surface area contributed by atoms with Gasteiger partial charge in [0.15, 0.2) is 0 Å². The molecule has 1 aliphatic rings. The molecule has 0 bridgehead atoms. The normalized spacial score (nSPS) is 17.6. The molecule has 1 saturated carbocycles. The predicted octanol–water partition coefficient (Wildman–Crippen LogP) is 3.65. The quantitative estimate of drug-likeness (QED) is 0.817. The van der Waals surface area contributed by atoms with E-state index in [1.165, 1.54) is 29.2 Å². The molecule has 1 atom stereocenters. The van der Waals surface area contributed by atoms with Crippen molar-refractivity contribution in [1.29, 1.82) is 0 Å². The minimum Gasteiger partial charge on any atom is -0.307 e. The first-order valence-corrected chi connectivity index (χ1v) is 6.08. The van der Waals surface area contributed by atoms with E-state index < -0.39 is 0 Å². The summed E-state index contributed by atoms with van der Waals surface area (Å²) < 4.78 is 0. The summed E-state index contributed by atoms with van der Waals surface area (Å²) in [6.45, 7) is 2.26. The maximum atomic E-state index is 3.66. The zero-order valence-corrected chi connectivity index (χ0v) is 9.61. The maximum absolute atomic E-state index is 3.66. The van der Waals surface area contributed by atoms with Gasteiger partial charge in [-0.25, -0.2) is 0 Å². The van der Waals surface area contributed by atoms with Crippen molar-refractivity contribution in [3.63, 3.8) is 0 Å². The fraction of sp³-hybridized carbons (Fsp3) is 0.333. The molecule has 0 heterocycles. The van der Waals surface area contributed by atoms with Crippen molar-refractivity contribution in [2.24, 2.45) is 0 Å². The van der Waals surface area contributed by atoms with Crippen LogP contribution < -0.4 is 5.32 Å². The van der Waals surface area contributed by atoms with Gasteiger partial charge in [-0.2, -0.15) is 0 Å². The van der Waals surface area contributed by atoms with Gasteiger partial charge in [0.2, 0.25) is 0 Å². The molecule has 1 unspecified atom stereocenters. The van der Waals surface area contributed by atoms with Crippen LogP contribution in [-0.2, 0) is 0 Å². The van der Waals surface area contributed by atoms with Crippen LogP contribution >= 0.6 is 0 Å². The van der Waals surface area contributed by atoms with Crippen molar-refractivity contribution < 1.29 is 0 Å². The Balaban J connectivity index is 2.00. The van der Waals surface area contributed by atoms with Gasteiger partial charge in [0.1, 0.15) is 0 Å². The first kappa shape index (κ1) is 9.86. The molecule has 0 saturated heterocycles. The van der Waals surface area contributed by atoms with E-state index in [2.05, 4.69) is 54.7 Å². The van der Waals surface area contributed by atoms with E-state index in [0.717, 1.165) is 6.04 Å². The van der Waals surface area contributed by atoms with Crippen LogP contribution in [0.15, 0.2) is 42.5 Å². The van der Waals surface area contributed by atoms with E-state index >= 15 is 0 Å². The molecule has 3 rings (SSSR count). The second kappa shape index (κ2) is 3.91. The Labute approximate surface area is 96.5 Å². The van der Waals surface area contributed by atoms with Gasteiger partial charge in [0.05, 0.1) is 0 Å². The number of hydrogen-bond donors (Lipinski definition) is 1. The fourth-order valence-electron chi connectivity index (χ4n) is 2.32. The van der Waals surface area contributed by atoms with Gasteiger partial charge in [0, 0.05) is 12.1 Å². The zero-order chi connectivity index (χ0) is 11.0. The molecule has 16 heavy (non-hydrogen) atoms. The highest BCUT2D eigenvalue weighted by atomic mass is 15.0. The van der Waals surface area contributed by atoms with Crippen molar-refractivity contribution in [2.45, 2.75) is 31.8 Å². The van der Waals surface area contributed by atoms with E-state index in [1.54, 1.807) is 0 Å². The molecule has 1 N–H and O–H groups in total. The van der Waals surface area contributed by atoms with Crippen molar-refractivity contribution in [2.75, 3.05) is 0 Å². The minimum absolute atomic E-state index is 0.457. The van der Waals surface area contributed by atoms with Gasteiger partial charge in [0.25, 0.3) is 0 Å². The lowest BCUT2D eigenvalue weighted by molar-refractivity contribution is 0.574. The molecule has 0 aromatic heterocycles. The van der Waals surface area contributed by atoms with Crippen LogP contribution in [0, 0.1) is 0 Å². The van der Waals surface area contributed by atoms with E-state index in [1.807, 2.05) is 0 Å².